The molecule has 6 atom stereocenters. The molecule has 0 aromatic heterocycles. The van der Waals surface area contributed by atoms with Crippen LogP contribution < -0.4 is 0 Å². The minimum atomic E-state index is -0.156. The summed E-state index contributed by atoms with van der Waals surface area (Å²) >= 11 is 0. The first-order valence-electron chi connectivity index (χ1n) is 10.9. The molecule has 3 heteroatoms. The fourth-order valence-corrected chi connectivity index (χ4v) is 7.15. The predicted octanol–water partition coefficient (Wildman–Crippen LogP) is 5.40. The van der Waals surface area contributed by atoms with Crippen molar-refractivity contribution in [2.45, 2.75) is 85.2 Å². The standard InChI is InChI=1S/C24H34O3/c1-5-22(26)21-9-8-19-18-7-6-16-14-17(27-15(2)25)10-12-23(16,3)20(18)11-13-24(19,21)4/h6,9,17-20H,5,7-8,10-14H2,1-4H3/t17-,18-,19-,20-,23-,24-/m0/s1. The Morgan fingerprint density at radius 3 is 2.52 bits per heavy atom. The van der Waals surface area contributed by atoms with Crippen molar-refractivity contribution in [1.29, 1.82) is 0 Å². The molecule has 0 amide bonds. The Balaban J connectivity index is 1.58. The smallest absolute Gasteiger partial charge is 0.302 e. The molecule has 0 radical (unpaired) electrons. The summed E-state index contributed by atoms with van der Waals surface area (Å²) in [5.41, 5.74) is 3.00. The topological polar surface area (TPSA) is 43.4 Å². The Labute approximate surface area is 163 Å². The minimum Gasteiger partial charge on any atom is -0.462 e. The molecular weight excluding hydrogens is 336 g/mol. The van der Waals surface area contributed by atoms with E-state index in [-0.39, 0.29) is 22.9 Å². The maximum Gasteiger partial charge on any atom is 0.302 e. The van der Waals surface area contributed by atoms with Crippen molar-refractivity contribution in [3.63, 3.8) is 0 Å². The molecule has 4 aliphatic carbocycles. The molecule has 0 unspecified atom stereocenters. The van der Waals surface area contributed by atoms with Gasteiger partial charge < -0.3 is 4.74 Å². The van der Waals surface area contributed by atoms with E-state index >= 15 is 0 Å². The number of hydrogen-bond donors (Lipinski definition) is 0. The van der Waals surface area contributed by atoms with Gasteiger partial charge in [-0.15, -0.1) is 0 Å². The van der Waals surface area contributed by atoms with Crippen LogP contribution >= 0.6 is 0 Å². The molecule has 0 saturated heterocycles. The average Bonchev–Trinajstić information content (AvgIpc) is 2.98. The van der Waals surface area contributed by atoms with E-state index in [1.807, 2.05) is 6.92 Å². The summed E-state index contributed by atoms with van der Waals surface area (Å²) in [6, 6.07) is 0. The van der Waals surface area contributed by atoms with Crippen molar-refractivity contribution in [3.8, 4) is 0 Å². The highest BCUT2D eigenvalue weighted by Crippen LogP contribution is 2.65. The molecule has 0 aliphatic heterocycles. The number of carbonyl (C=O) groups excluding carboxylic acids is 2. The first-order chi connectivity index (χ1) is 12.8. The van der Waals surface area contributed by atoms with Crippen LogP contribution in [0, 0.1) is 28.6 Å². The van der Waals surface area contributed by atoms with Gasteiger partial charge in [0.1, 0.15) is 6.10 Å². The fraction of sp³-hybridized carbons (Fsp3) is 0.750. The van der Waals surface area contributed by atoms with Crippen molar-refractivity contribution in [2.75, 3.05) is 0 Å². The SMILES string of the molecule is CCC(=O)C1=CC[C@H]2[C@@H]3CC=C4C[C@@H](OC(C)=O)CC[C@]4(C)[C@H]3CC[C@]12C. The molecule has 4 rings (SSSR count). The third-order valence-corrected chi connectivity index (χ3v) is 8.59. The van der Waals surface area contributed by atoms with Crippen molar-refractivity contribution in [3.05, 3.63) is 23.3 Å². The van der Waals surface area contributed by atoms with E-state index in [0.29, 0.717) is 30.0 Å². The zero-order chi connectivity index (χ0) is 19.4. The summed E-state index contributed by atoms with van der Waals surface area (Å²) < 4.78 is 5.53. The number of ketones is 1. The van der Waals surface area contributed by atoms with Crippen LogP contribution in [0.1, 0.15) is 79.1 Å². The second kappa shape index (κ2) is 6.60. The largest absolute Gasteiger partial charge is 0.462 e. The lowest BCUT2D eigenvalue weighted by Gasteiger charge is -2.57. The van der Waals surface area contributed by atoms with E-state index < -0.39 is 0 Å². The highest BCUT2D eigenvalue weighted by Gasteiger charge is 2.57. The molecule has 0 N–H and O–H groups in total. The minimum absolute atomic E-state index is 0.0640. The second-order valence-corrected chi connectivity index (χ2v) is 9.82. The average molecular weight is 371 g/mol. The molecule has 4 aliphatic rings. The van der Waals surface area contributed by atoms with Crippen LogP contribution in [-0.4, -0.2) is 17.9 Å². The fourth-order valence-electron chi connectivity index (χ4n) is 7.15. The second-order valence-electron chi connectivity index (χ2n) is 9.82. The summed E-state index contributed by atoms with van der Waals surface area (Å²) in [6.07, 6.45) is 13.0. The summed E-state index contributed by atoms with van der Waals surface area (Å²) in [6.45, 7) is 8.33. The van der Waals surface area contributed by atoms with Crippen molar-refractivity contribution < 1.29 is 14.3 Å². The van der Waals surface area contributed by atoms with Gasteiger partial charge in [-0.05, 0) is 72.7 Å². The molecule has 3 nitrogen and oxygen atoms in total. The number of carbonyl (C=O) groups is 2. The molecule has 0 aromatic rings. The van der Waals surface area contributed by atoms with Crippen LogP contribution in [0.25, 0.3) is 0 Å². The zero-order valence-electron chi connectivity index (χ0n) is 17.3. The van der Waals surface area contributed by atoms with Crippen molar-refractivity contribution >= 4 is 11.8 Å². The summed E-state index contributed by atoms with van der Waals surface area (Å²) in [5.74, 6) is 2.21. The normalized spacial score (nSPS) is 43.0. The van der Waals surface area contributed by atoms with Gasteiger partial charge in [-0.1, -0.05) is 38.5 Å². The molecule has 27 heavy (non-hydrogen) atoms. The Morgan fingerprint density at radius 2 is 1.81 bits per heavy atom. The number of ether oxygens (including phenoxy) is 1. The lowest BCUT2D eigenvalue weighted by atomic mass is 9.47. The number of rotatable bonds is 3. The van der Waals surface area contributed by atoms with Crippen LogP contribution in [0.15, 0.2) is 23.3 Å². The third-order valence-electron chi connectivity index (χ3n) is 8.59. The number of Topliss-reactive ketones (excluding diaryl/α,β-unsaturated/α-hetero) is 1. The van der Waals surface area contributed by atoms with Gasteiger partial charge in [0, 0.05) is 19.8 Å². The van der Waals surface area contributed by atoms with Gasteiger partial charge in [0.25, 0.3) is 0 Å². The third kappa shape index (κ3) is 2.84. The molecule has 148 valence electrons. The lowest BCUT2D eigenvalue weighted by Crippen LogP contribution is -2.50. The zero-order valence-corrected chi connectivity index (χ0v) is 17.3. The van der Waals surface area contributed by atoms with E-state index in [9.17, 15) is 9.59 Å². The number of fused-ring (bicyclic) bond motifs is 5. The Hall–Kier alpha value is -1.38. The van der Waals surface area contributed by atoms with Crippen LogP contribution in [0.4, 0.5) is 0 Å². The van der Waals surface area contributed by atoms with E-state index in [2.05, 4.69) is 26.0 Å². The molecule has 0 heterocycles. The van der Waals surface area contributed by atoms with E-state index in [1.54, 1.807) is 0 Å². The Morgan fingerprint density at radius 1 is 1.07 bits per heavy atom. The monoisotopic (exact) mass is 370 g/mol. The van der Waals surface area contributed by atoms with Gasteiger partial charge in [-0.25, -0.2) is 0 Å². The molecule has 2 saturated carbocycles. The maximum absolute atomic E-state index is 12.5. The van der Waals surface area contributed by atoms with Gasteiger partial charge in [-0.3, -0.25) is 9.59 Å². The number of allylic oxidation sites excluding steroid dienone is 3. The number of hydrogen-bond acceptors (Lipinski definition) is 3. The van der Waals surface area contributed by atoms with E-state index in [4.69, 9.17) is 4.74 Å². The molecule has 0 spiro atoms. The van der Waals surface area contributed by atoms with Gasteiger partial charge in [-0.2, -0.15) is 0 Å². The lowest BCUT2D eigenvalue weighted by molar-refractivity contribution is -0.148. The highest BCUT2D eigenvalue weighted by atomic mass is 16.5. The van der Waals surface area contributed by atoms with Crippen molar-refractivity contribution in [2.24, 2.45) is 28.6 Å². The molecular formula is C24H34O3. The number of esters is 1. The first-order valence-corrected chi connectivity index (χ1v) is 10.9. The predicted molar refractivity (Wildman–Crippen MR) is 106 cm³/mol. The molecule has 0 bridgehead atoms. The van der Waals surface area contributed by atoms with Crippen LogP contribution in [0.5, 0.6) is 0 Å². The summed E-state index contributed by atoms with van der Waals surface area (Å²) in [4.78, 5) is 23.9. The molecule has 2 fully saturated rings. The van der Waals surface area contributed by atoms with E-state index in [0.717, 1.165) is 44.1 Å². The quantitative estimate of drug-likeness (QED) is 0.494. The Bertz CT molecular complexity index is 717. The first kappa shape index (κ1) is 19.0. The highest BCUT2D eigenvalue weighted by molar-refractivity contribution is 5.97. The molecule has 0 aromatic carbocycles. The maximum atomic E-state index is 12.5. The van der Waals surface area contributed by atoms with Gasteiger partial charge >= 0.3 is 5.97 Å². The summed E-state index contributed by atoms with van der Waals surface area (Å²) in [5, 5.41) is 0. The summed E-state index contributed by atoms with van der Waals surface area (Å²) in [7, 11) is 0. The van der Waals surface area contributed by atoms with Crippen molar-refractivity contribution in [1.82, 2.24) is 0 Å². The van der Waals surface area contributed by atoms with Gasteiger partial charge in [0.05, 0.1) is 0 Å². The van der Waals surface area contributed by atoms with E-state index in [1.165, 1.54) is 18.9 Å². The van der Waals surface area contributed by atoms with Crippen LogP contribution in [0.2, 0.25) is 0 Å². The van der Waals surface area contributed by atoms with Gasteiger partial charge in [0.2, 0.25) is 0 Å². The van der Waals surface area contributed by atoms with Crippen LogP contribution in [-0.2, 0) is 14.3 Å². The Kier molecular flexibility index (Phi) is 4.63. The van der Waals surface area contributed by atoms with Crippen LogP contribution in [0.3, 0.4) is 0 Å². The van der Waals surface area contributed by atoms with Gasteiger partial charge in [0.15, 0.2) is 5.78 Å².